The second-order valence-electron chi connectivity index (χ2n) is 1.85. The lowest BCUT2D eigenvalue weighted by Crippen LogP contribution is -1.66. The SMILES string of the molecule is [2H]c1c([2H])c([2H])c(/C=C/CC)c([2H])c1[2H]. The highest BCUT2D eigenvalue weighted by Crippen LogP contribution is 2.00. The maximum absolute atomic E-state index is 7.59. The van der Waals surface area contributed by atoms with Crippen LogP contribution in [0, 0.1) is 0 Å². The molecule has 10 heavy (non-hydrogen) atoms. The number of benzene rings is 1. The lowest BCUT2D eigenvalue weighted by molar-refractivity contribution is 1.23. The van der Waals surface area contributed by atoms with Crippen LogP contribution in [-0.2, 0) is 0 Å². The first kappa shape index (κ1) is 2.91. The van der Waals surface area contributed by atoms with Gasteiger partial charge in [-0.25, -0.2) is 0 Å². The van der Waals surface area contributed by atoms with Gasteiger partial charge in [0, 0.05) is 0 Å². The lowest BCUT2D eigenvalue weighted by atomic mass is 10.2. The molecule has 1 aromatic carbocycles. The molecule has 0 unspecified atom stereocenters. The van der Waals surface area contributed by atoms with Gasteiger partial charge < -0.3 is 0 Å². The van der Waals surface area contributed by atoms with E-state index in [1.807, 2.05) is 6.92 Å². The van der Waals surface area contributed by atoms with Crippen molar-refractivity contribution in [1.82, 2.24) is 0 Å². The molecule has 0 bridgehead atoms. The second kappa shape index (κ2) is 3.89. The van der Waals surface area contributed by atoms with Crippen LogP contribution in [0.25, 0.3) is 6.08 Å². The van der Waals surface area contributed by atoms with Crippen molar-refractivity contribution in [2.45, 2.75) is 13.3 Å². The molecule has 0 aliphatic rings. The van der Waals surface area contributed by atoms with E-state index in [-0.39, 0.29) is 35.8 Å². The minimum atomic E-state index is -0.348. The molecule has 0 saturated heterocycles. The van der Waals surface area contributed by atoms with E-state index in [9.17, 15) is 0 Å². The maximum atomic E-state index is 7.59. The first-order valence-electron chi connectivity index (χ1n) is 5.74. The minimum absolute atomic E-state index is 0.147. The predicted octanol–water partition coefficient (Wildman–Crippen LogP) is 3.11. The highest BCUT2D eigenvalue weighted by atomic mass is 13.8. The van der Waals surface area contributed by atoms with Crippen LogP contribution in [0.5, 0.6) is 0 Å². The average Bonchev–Trinajstić information content (AvgIpc) is 2.24. The minimum Gasteiger partial charge on any atom is -0.0842 e. The fourth-order valence-corrected chi connectivity index (χ4v) is 0.579. The van der Waals surface area contributed by atoms with Crippen molar-refractivity contribution < 1.29 is 6.85 Å². The van der Waals surface area contributed by atoms with E-state index in [0.29, 0.717) is 0 Å². The summed E-state index contributed by atoms with van der Waals surface area (Å²) in [4.78, 5) is 0. The van der Waals surface area contributed by atoms with Crippen LogP contribution in [0.1, 0.15) is 25.8 Å². The fourth-order valence-electron chi connectivity index (χ4n) is 0.579. The lowest BCUT2D eigenvalue weighted by Gasteiger charge is -1.88. The molecule has 0 heteroatoms. The average molecular weight is 137 g/mol. The maximum Gasteiger partial charge on any atom is 0.0629 e. The van der Waals surface area contributed by atoms with Crippen LogP contribution in [0.3, 0.4) is 0 Å². The van der Waals surface area contributed by atoms with Gasteiger partial charge in [0.15, 0.2) is 0 Å². The van der Waals surface area contributed by atoms with Crippen LogP contribution in [-0.4, -0.2) is 0 Å². The largest absolute Gasteiger partial charge is 0.0842 e. The smallest absolute Gasteiger partial charge is 0.0629 e. The van der Waals surface area contributed by atoms with Crippen molar-refractivity contribution in [2.75, 3.05) is 0 Å². The quantitative estimate of drug-likeness (QED) is 0.587. The van der Waals surface area contributed by atoms with Gasteiger partial charge in [0.25, 0.3) is 0 Å². The van der Waals surface area contributed by atoms with E-state index in [0.717, 1.165) is 6.42 Å². The Kier molecular flexibility index (Phi) is 1.13. The third-order valence-corrected chi connectivity index (χ3v) is 1.04. The molecule has 0 atom stereocenters. The third kappa shape index (κ3) is 2.06. The number of hydrogen-bond acceptors (Lipinski definition) is 0. The van der Waals surface area contributed by atoms with Crippen molar-refractivity contribution >= 4 is 6.08 Å². The fraction of sp³-hybridized carbons (Fsp3) is 0.200. The van der Waals surface area contributed by atoms with E-state index >= 15 is 0 Å². The standard InChI is InChI=1S/C10H12/c1-2-3-7-10-8-5-4-6-9-10/h3-9H,2H2,1H3/b7-3+/i4D,5D,6D,8D,9D. The molecule has 0 radical (unpaired) electrons. The molecule has 0 fully saturated rings. The molecule has 1 aromatic rings. The van der Waals surface area contributed by atoms with E-state index in [1.165, 1.54) is 0 Å². The Hall–Kier alpha value is -1.04. The summed E-state index contributed by atoms with van der Waals surface area (Å²) < 4.78 is 37.4. The summed E-state index contributed by atoms with van der Waals surface area (Å²) in [5.74, 6) is 0. The Balaban J connectivity index is 3.45. The number of hydrogen-bond donors (Lipinski definition) is 0. The molecular weight excluding hydrogens is 120 g/mol. The van der Waals surface area contributed by atoms with Gasteiger partial charge in [0.1, 0.15) is 0 Å². The molecular formula is C10H12. The van der Waals surface area contributed by atoms with Gasteiger partial charge in [0.2, 0.25) is 0 Å². The molecule has 1 rings (SSSR count). The van der Waals surface area contributed by atoms with Gasteiger partial charge in [-0.3, -0.25) is 0 Å². The first-order chi connectivity index (χ1) is 7.00. The molecule has 0 heterocycles. The van der Waals surface area contributed by atoms with Gasteiger partial charge in [-0.15, -0.1) is 0 Å². The summed E-state index contributed by atoms with van der Waals surface area (Å²) in [6.45, 7) is 1.92. The summed E-state index contributed by atoms with van der Waals surface area (Å²) >= 11 is 0. The van der Waals surface area contributed by atoms with Crippen molar-refractivity contribution in [3.8, 4) is 0 Å². The Labute approximate surface area is 69.2 Å². The zero-order chi connectivity index (χ0) is 11.6. The van der Waals surface area contributed by atoms with Gasteiger partial charge >= 0.3 is 0 Å². The predicted molar refractivity (Wildman–Crippen MR) is 45.8 cm³/mol. The molecule has 0 spiro atoms. The molecule has 0 amide bonds. The molecule has 0 aliphatic heterocycles. The summed E-state index contributed by atoms with van der Waals surface area (Å²) in [5, 5.41) is 0. The molecule has 0 N–H and O–H groups in total. The zero-order valence-corrected chi connectivity index (χ0v) is 5.86. The summed E-state index contributed by atoms with van der Waals surface area (Å²) in [6.07, 6.45) is 4.11. The van der Waals surface area contributed by atoms with Crippen molar-refractivity contribution in [3.05, 3.63) is 41.9 Å². The van der Waals surface area contributed by atoms with Crippen molar-refractivity contribution in [1.29, 1.82) is 0 Å². The molecule has 0 aromatic heterocycles. The van der Waals surface area contributed by atoms with Gasteiger partial charge in [-0.2, -0.15) is 0 Å². The van der Waals surface area contributed by atoms with E-state index in [4.69, 9.17) is 6.85 Å². The highest BCUT2D eigenvalue weighted by Gasteiger charge is 1.78. The Morgan fingerprint density at radius 3 is 2.70 bits per heavy atom. The van der Waals surface area contributed by atoms with Crippen LogP contribution in [0.15, 0.2) is 36.3 Å². The topological polar surface area (TPSA) is 0 Å². The van der Waals surface area contributed by atoms with Crippen LogP contribution in [0.2, 0.25) is 0 Å². The Morgan fingerprint density at radius 2 is 2.10 bits per heavy atom. The summed E-state index contributed by atoms with van der Waals surface area (Å²) in [5.41, 5.74) is 0.253. The van der Waals surface area contributed by atoms with Gasteiger partial charge in [0.05, 0.1) is 6.85 Å². The zero-order valence-electron chi connectivity index (χ0n) is 10.9. The summed E-state index contributed by atoms with van der Waals surface area (Å²) in [6, 6.07) is -1.21. The van der Waals surface area contributed by atoms with Crippen LogP contribution >= 0.6 is 0 Å². The molecule has 52 valence electrons. The monoisotopic (exact) mass is 137 g/mol. The Bertz CT molecular complexity index is 380. The molecule has 0 aliphatic carbocycles. The van der Waals surface area contributed by atoms with E-state index in [2.05, 4.69) is 0 Å². The Morgan fingerprint density at radius 1 is 1.40 bits per heavy atom. The van der Waals surface area contributed by atoms with Crippen LogP contribution < -0.4 is 0 Å². The molecule has 0 saturated carbocycles. The first-order valence-corrected chi connectivity index (χ1v) is 3.24. The van der Waals surface area contributed by atoms with Gasteiger partial charge in [-0.1, -0.05) is 49.3 Å². The molecule has 0 nitrogen and oxygen atoms in total. The van der Waals surface area contributed by atoms with E-state index in [1.54, 1.807) is 12.2 Å². The van der Waals surface area contributed by atoms with Crippen LogP contribution in [0.4, 0.5) is 0 Å². The van der Waals surface area contributed by atoms with Crippen molar-refractivity contribution in [2.24, 2.45) is 0 Å². The highest BCUT2D eigenvalue weighted by molar-refractivity contribution is 5.48. The van der Waals surface area contributed by atoms with E-state index < -0.39 is 0 Å². The number of allylic oxidation sites excluding steroid dienone is 1. The normalized spacial score (nSPS) is 17.5. The van der Waals surface area contributed by atoms with Gasteiger partial charge in [-0.05, 0) is 12.0 Å². The summed E-state index contributed by atoms with van der Waals surface area (Å²) in [7, 11) is 0. The van der Waals surface area contributed by atoms with Crippen molar-refractivity contribution in [3.63, 3.8) is 0 Å². The number of rotatable bonds is 2. The third-order valence-electron chi connectivity index (χ3n) is 1.04. The second-order valence-corrected chi connectivity index (χ2v) is 1.85.